The van der Waals surface area contributed by atoms with Crippen LogP contribution >= 0.6 is 15.9 Å². The highest BCUT2D eigenvalue weighted by Gasteiger charge is 2.25. The molecule has 1 atom stereocenters. The van der Waals surface area contributed by atoms with E-state index in [1.165, 1.54) is 23.3 Å². The van der Waals surface area contributed by atoms with Crippen molar-refractivity contribution in [2.45, 2.75) is 19.3 Å². The molecule has 0 amide bonds. The van der Waals surface area contributed by atoms with E-state index < -0.39 is 0 Å². The van der Waals surface area contributed by atoms with E-state index in [9.17, 15) is 9.18 Å². The summed E-state index contributed by atoms with van der Waals surface area (Å²) in [5, 5.41) is 0. The largest absolute Gasteiger partial charge is 0.294 e. The number of benzene rings is 2. The van der Waals surface area contributed by atoms with Gasteiger partial charge in [-0.1, -0.05) is 40.2 Å². The molecule has 1 aliphatic carbocycles. The Morgan fingerprint density at radius 3 is 2.65 bits per heavy atom. The molecule has 2 aromatic rings. The Morgan fingerprint density at radius 1 is 1.15 bits per heavy atom. The van der Waals surface area contributed by atoms with Crippen molar-refractivity contribution in [1.29, 1.82) is 0 Å². The Labute approximate surface area is 126 Å². The molecule has 1 nitrogen and oxygen atoms in total. The molecule has 0 fully saturated rings. The standard InChI is InChI=1S/C17H14BrFO/c18-15-8-14(9-16(19)10-15)17(20)13-6-5-11-3-1-2-4-12(11)7-13/h1-4,8-10,13H,5-7H2. The van der Waals surface area contributed by atoms with Gasteiger partial charge in [0.05, 0.1) is 0 Å². The van der Waals surface area contributed by atoms with Gasteiger partial charge in [-0.05, 0) is 48.6 Å². The van der Waals surface area contributed by atoms with Crippen molar-refractivity contribution in [3.05, 3.63) is 69.4 Å². The molecule has 0 saturated heterocycles. The van der Waals surface area contributed by atoms with Crippen LogP contribution in [-0.4, -0.2) is 5.78 Å². The molecule has 3 heteroatoms. The van der Waals surface area contributed by atoms with E-state index >= 15 is 0 Å². The summed E-state index contributed by atoms with van der Waals surface area (Å²) in [4.78, 5) is 12.5. The first-order valence-electron chi connectivity index (χ1n) is 6.70. The molecular weight excluding hydrogens is 319 g/mol. The van der Waals surface area contributed by atoms with Gasteiger partial charge in [0.2, 0.25) is 0 Å². The Morgan fingerprint density at radius 2 is 1.90 bits per heavy atom. The van der Waals surface area contributed by atoms with Crippen molar-refractivity contribution in [2.75, 3.05) is 0 Å². The number of rotatable bonds is 2. The van der Waals surface area contributed by atoms with Crippen LogP contribution in [-0.2, 0) is 12.8 Å². The van der Waals surface area contributed by atoms with Gasteiger partial charge in [-0.15, -0.1) is 0 Å². The van der Waals surface area contributed by atoms with Crippen LogP contribution < -0.4 is 0 Å². The van der Waals surface area contributed by atoms with E-state index in [-0.39, 0.29) is 17.5 Å². The third-order valence-corrected chi connectivity index (χ3v) is 4.32. The maximum absolute atomic E-state index is 13.4. The normalized spacial score (nSPS) is 17.6. The maximum Gasteiger partial charge on any atom is 0.166 e. The summed E-state index contributed by atoms with van der Waals surface area (Å²) >= 11 is 3.24. The molecular formula is C17H14BrFO. The fraction of sp³-hybridized carbons (Fsp3) is 0.235. The number of fused-ring (bicyclic) bond motifs is 1. The number of Topliss-reactive ketones (excluding diaryl/α,β-unsaturated/α-hetero) is 1. The fourth-order valence-corrected chi connectivity index (χ4v) is 3.32. The minimum absolute atomic E-state index is 0.0414. The van der Waals surface area contributed by atoms with Gasteiger partial charge in [-0.2, -0.15) is 0 Å². The second-order valence-electron chi connectivity index (χ2n) is 5.23. The van der Waals surface area contributed by atoms with Crippen LogP contribution in [0.4, 0.5) is 4.39 Å². The fourth-order valence-electron chi connectivity index (χ4n) is 2.85. The van der Waals surface area contributed by atoms with E-state index in [2.05, 4.69) is 28.1 Å². The lowest BCUT2D eigenvalue weighted by Crippen LogP contribution is -2.23. The summed E-state index contributed by atoms with van der Waals surface area (Å²) in [6, 6.07) is 12.6. The Hall–Kier alpha value is -1.48. The summed E-state index contributed by atoms with van der Waals surface area (Å²) in [6.45, 7) is 0. The molecule has 0 aliphatic heterocycles. The van der Waals surface area contributed by atoms with Crippen molar-refractivity contribution in [3.63, 3.8) is 0 Å². The SMILES string of the molecule is O=C(c1cc(F)cc(Br)c1)C1CCc2ccccc2C1. The number of halogens is 2. The highest BCUT2D eigenvalue weighted by molar-refractivity contribution is 9.10. The molecule has 2 aromatic carbocycles. The van der Waals surface area contributed by atoms with Gasteiger partial charge in [0.25, 0.3) is 0 Å². The predicted molar refractivity (Wildman–Crippen MR) is 80.4 cm³/mol. The number of ketones is 1. The van der Waals surface area contributed by atoms with Crippen LogP contribution in [0.2, 0.25) is 0 Å². The van der Waals surface area contributed by atoms with Gasteiger partial charge in [0.1, 0.15) is 5.82 Å². The van der Waals surface area contributed by atoms with Crippen molar-refractivity contribution in [1.82, 2.24) is 0 Å². The highest BCUT2D eigenvalue weighted by atomic mass is 79.9. The first-order chi connectivity index (χ1) is 9.63. The lowest BCUT2D eigenvalue weighted by atomic mass is 9.80. The molecule has 0 heterocycles. The maximum atomic E-state index is 13.4. The zero-order chi connectivity index (χ0) is 14.1. The monoisotopic (exact) mass is 332 g/mol. The quantitative estimate of drug-likeness (QED) is 0.736. The predicted octanol–water partition coefficient (Wildman–Crippen LogP) is 4.58. The van der Waals surface area contributed by atoms with Gasteiger partial charge in [-0.25, -0.2) is 4.39 Å². The van der Waals surface area contributed by atoms with E-state index in [1.807, 2.05) is 12.1 Å². The molecule has 3 rings (SSSR count). The minimum Gasteiger partial charge on any atom is -0.294 e. The molecule has 0 radical (unpaired) electrons. The van der Waals surface area contributed by atoms with E-state index in [4.69, 9.17) is 0 Å². The zero-order valence-electron chi connectivity index (χ0n) is 10.9. The van der Waals surface area contributed by atoms with E-state index in [1.54, 1.807) is 6.07 Å². The number of hydrogen-bond donors (Lipinski definition) is 0. The van der Waals surface area contributed by atoms with E-state index in [0.29, 0.717) is 10.0 Å². The average Bonchev–Trinajstić information content (AvgIpc) is 2.45. The minimum atomic E-state index is -0.376. The lowest BCUT2D eigenvalue weighted by Gasteiger charge is -2.23. The van der Waals surface area contributed by atoms with Crippen molar-refractivity contribution in [2.24, 2.45) is 5.92 Å². The van der Waals surface area contributed by atoms with Crippen LogP contribution in [0.25, 0.3) is 0 Å². The molecule has 0 N–H and O–H groups in total. The second-order valence-corrected chi connectivity index (χ2v) is 6.15. The van der Waals surface area contributed by atoms with Gasteiger partial charge < -0.3 is 0 Å². The molecule has 0 aromatic heterocycles. The molecule has 0 spiro atoms. The van der Waals surface area contributed by atoms with Crippen LogP contribution in [0, 0.1) is 11.7 Å². The number of aryl methyl sites for hydroxylation is 1. The molecule has 102 valence electrons. The van der Waals surface area contributed by atoms with Crippen LogP contribution in [0.5, 0.6) is 0 Å². The van der Waals surface area contributed by atoms with Gasteiger partial charge in [0.15, 0.2) is 5.78 Å². The van der Waals surface area contributed by atoms with Gasteiger partial charge in [-0.3, -0.25) is 4.79 Å². The van der Waals surface area contributed by atoms with Gasteiger partial charge in [0, 0.05) is 16.0 Å². The second kappa shape index (κ2) is 5.49. The van der Waals surface area contributed by atoms with Crippen molar-refractivity contribution < 1.29 is 9.18 Å². The number of hydrogen-bond acceptors (Lipinski definition) is 1. The number of carbonyl (C=O) groups is 1. The summed E-state index contributed by atoms with van der Waals surface area (Å²) in [5.41, 5.74) is 3.03. The Balaban J connectivity index is 1.86. The smallest absolute Gasteiger partial charge is 0.166 e. The van der Waals surface area contributed by atoms with Crippen LogP contribution in [0.1, 0.15) is 27.9 Å². The van der Waals surface area contributed by atoms with Gasteiger partial charge >= 0.3 is 0 Å². The summed E-state index contributed by atoms with van der Waals surface area (Å²) in [6.07, 6.45) is 2.51. The third-order valence-electron chi connectivity index (χ3n) is 3.86. The average molecular weight is 333 g/mol. The molecule has 20 heavy (non-hydrogen) atoms. The summed E-state index contributed by atoms with van der Waals surface area (Å²) in [7, 11) is 0. The van der Waals surface area contributed by atoms with E-state index in [0.717, 1.165) is 19.3 Å². The topological polar surface area (TPSA) is 17.1 Å². The first kappa shape index (κ1) is 13.5. The van der Waals surface area contributed by atoms with Crippen molar-refractivity contribution >= 4 is 21.7 Å². The summed E-state index contributed by atoms with van der Waals surface area (Å²) < 4.78 is 14.0. The zero-order valence-corrected chi connectivity index (χ0v) is 12.5. The van der Waals surface area contributed by atoms with Crippen LogP contribution in [0.15, 0.2) is 46.9 Å². The molecule has 0 saturated carbocycles. The third kappa shape index (κ3) is 2.68. The Kier molecular flexibility index (Phi) is 3.70. The van der Waals surface area contributed by atoms with Crippen LogP contribution in [0.3, 0.4) is 0 Å². The van der Waals surface area contributed by atoms with Crippen molar-refractivity contribution in [3.8, 4) is 0 Å². The summed E-state index contributed by atoms with van der Waals surface area (Å²) in [5.74, 6) is -0.378. The Bertz CT molecular complexity index is 646. The molecule has 1 aliphatic rings. The highest BCUT2D eigenvalue weighted by Crippen LogP contribution is 2.28. The first-order valence-corrected chi connectivity index (χ1v) is 7.50. The number of carbonyl (C=O) groups excluding carboxylic acids is 1. The molecule has 0 bridgehead atoms. The lowest BCUT2D eigenvalue weighted by molar-refractivity contribution is 0.0908. The molecule has 1 unspecified atom stereocenters.